The number of hydrogen-bond acceptors (Lipinski definition) is 7. The van der Waals surface area contributed by atoms with Gasteiger partial charge in [0.1, 0.15) is 11.5 Å². The van der Waals surface area contributed by atoms with E-state index in [1.54, 1.807) is 24.3 Å². The third-order valence-corrected chi connectivity index (χ3v) is 7.68. The molecule has 0 atom stereocenters. The zero-order chi connectivity index (χ0) is 31.9. The number of benzene rings is 4. The molecule has 0 saturated carbocycles. The number of hydrogen-bond donors (Lipinski definition) is 0. The van der Waals surface area contributed by atoms with E-state index >= 15 is 0 Å². The summed E-state index contributed by atoms with van der Waals surface area (Å²) in [7, 11) is 2.75. The Morgan fingerprint density at radius 2 is 0.818 bits per heavy atom. The number of ether oxygens (including phenoxy) is 4. The molecule has 7 nitrogen and oxygen atoms in total. The molecule has 4 aromatic rings. The molecule has 44 heavy (non-hydrogen) atoms. The molecule has 0 aromatic heterocycles. The Morgan fingerprint density at radius 1 is 0.500 bits per heavy atom. The zero-order valence-corrected chi connectivity index (χ0v) is 26.0. The van der Waals surface area contributed by atoms with Gasteiger partial charge in [0.2, 0.25) is 0 Å². The maximum absolute atomic E-state index is 13.3. The van der Waals surface area contributed by atoms with Gasteiger partial charge in [0.25, 0.3) is 0 Å². The van der Waals surface area contributed by atoms with Gasteiger partial charge < -0.3 is 18.9 Å². The Labute approximate surface area is 258 Å². The minimum absolute atomic E-state index is 0.181. The SMILES string of the molecule is COC(=O)CC(C)(C)c1ccccc1-c1ccccc1OC(=O)Oc1ccccc1-c1ccccc1C(C)(C)CC(=O)OC. The molecule has 7 heteroatoms. The first-order valence-corrected chi connectivity index (χ1v) is 14.4. The number of esters is 2. The van der Waals surface area contributed by atoms with Crippen LogP contribution in [0.5, 0.6) is 11.5 Å². The molecule has 4 aromatic carbocycles. The normalized spacial score (nSPS) is 11.4. The van der Waals surface area contributed by atoms with Gasteiger partial charge in [-0.15, -0.1) is 0 Å². The van der Waals surface area contributed by atoms with E-state index in [4.69, 9.17) is 18.9 Å². The Bertz CT molecular complexity index is 1530. The highest BCUT2D eigenvalue weighted by molar-refractivity contribution is 5.82. The van der Waals surface area contributed by atoms with Crippen LogP contribution in [0, 0.1) is 0 Å². The first-order chi connectivity index (χ1) is 21.0. The first kappa shape index (κ1) is 32.0. The fourth-order valence-electron chi connectivity index (χ4n) is 5.43. The highest BCUT2D eigenvalue weighted by Crippen LogP contribution is 2.41. The predicted molar refractivity (Wildman–Crippen MR) is 170 cm³/mol. The molecule has 228 valence electrons. The number of carbonyl (C=O) groups is 3. The van der Waals surface area contributed by atoms with E-state index < -0.39 is 17.0 Å². The van der Waals surface area contributed by atoms with Crippen LogP contribution in [-0.4, -0.2) is 32.3 Å². The van der Waals surface area contributed by atoms with Crippen molar-refractivity contribution >= 4 is 18.1 Å². The van der Waals surface area contributed by atoms with Crippen molar-refractivity contribution in [2.75, 3.05) is 14.2 Å². The summed E-state index contributed by atoms with van der Waals surface area (Å²) in [5.74, 6) is 0.00509. The molecule has 0 heterocycles. The van der Waals surface area contributed by atoms with Gasteiger partial charge in [-0.3, -0.25) is 9.59 Å². The van der Waals surface area contributed by atoms with Crippen LogP contribution in [0.15, 0.2) is 97.1 Å². The summed E-state index contributed by atoms with van der Waals surface area (Å²) in [5.41, 5.74) is 3.73. The van der Waals surface area contributed by atoms with E-state index in [1.165, 1.54) is 14.2 Å². The molecule has 0 unspecified atom stereocenters. The van der Waals surface area contributed by atoms with E-state index in [0.717, 1.165) is 22.3 Å². The van der Waals surface area contributed by atoms with Crippen molar-refractivity contribution in [1.82, 2.24) is 0 Å². The van der Waals surface area contributed by atoms with E-state index in [-0.39, 0.29) is 24.8 Å². The Morgan fingerprint density at radius 3 is 1.18 bits per heavy atom. The average molecular weight is 595 g/mol. The van der Waals surface area contributed by atoms with Crippen molar-refractivity contribution in [3.8, 4) is 33.8 Å². The summed E-state index contributed by atoms with van der Waals surface area (Å²) in [5, 5.41) is 0. The van der Waals surface area contributed by atoms with Crippen LogP contribution in [0.25, 0.3) is 22.3 Å². The smallest absolute Gasteiger partial charge is 0.469 e. The molecule has 4 rings (SSSR count). The van der Waals surface area contributed by atoms with Crippen LogP contribution in [0.3, 0.4) is 0 Å². The first-order valence-electron chi connectivity index (χ1n) is 14.4. The van der Waals surface area contributed by atoms with Crippen molar-refractivity contribution in [2.24, 2.45) is 0 Å². The number of rotatable bonds is 10. The van der Waals surface area contributed by atoms with Gasteiger partial charge in [-0.25, -0.2) is 4.79 Å². The second-order valence-corrected chi connectivity index (χ2v) is 11.8. The van der Waals surface area contributed by atoms with Crippen LogP contribution in [0.1, 0.15) is 51.7 Å². The molecule has 0 amide bonds. The highest BCUT2D eigenvalue weighted by Gasteiger charge is 2.30. The molecule has 0 saturated heterocycles. The highest BCUT2D eigenvalue weighted by atomic mass is 16.7. The Hall–Kier alpha value is -4.91. The Balaban J connectivity index is 1.65. The molecule has 0 aliphatic carbocycles. The summed E-state index contributed by atoms with van der Waals surface area (Å²) >= 11 is 0. The van der Waals surface area contributed by atoms with Gasteiger partial charge in [-0.05, 0) is 34.4 Å². The molecule has 0 fully saturated rings. The molecule has 0 aliphatic heterocycles. The molecular formula is C37H38O7. The zero-order valence-electron chi connectivity index (χ0n) is 26.0. The Kier molecular flexibility index (Phi) is 9.89. The van der Waals surface area contributed by atoms with Crippen molar-refractivity contribution in [3.63, 3.8) is 0 Å². The van der Waals surface area contributed by atoms with E-state index in [1.807, 2.05) is 100 Å². The number of carbonyl (C=O) groups excluding carboxylic acids is 3. The van der Waals surface area contributed by atoms with Gasteiger partial charge in [-0.2, -0.15) is 0 Å². The van der Waals surface area contributed by atoms with Gasteiger partial charge in [-0.1, -0.05) is 113 Å². The molecule has 0 N–H and O–H groups in total. The maximum atomic E-state index is 13.3. The van der Waals surface area contributed by atoms with Crippen molar-refractivity contribution in [3.05, 3.63) is 108 Å². The lowest BCUT2D eigenvalue weighted by atomic mass is 9.77. The van der Waals surface area contributed by atoms with Crippen LogP contribution in [0.4, 0.5) is 4.79 Å². The average Bonchev–Trinajstić information content (AvgIpc) is 3.01. The summed E-state index contributed by atoms with van der Waals surface area (Å²) in [4.78, 5) is 37.7. The predicted octanol–water partition coefficient (Wildman–Crippen LogP) is 8.28. The molecule has 0 spiro atoms. The molecule has 0 radical (unpaired) electrons. The van der Waals surface area contributed by atoms with E-state index in [2.05, 4.69) is 0 Å². The van der Waals surface area contributed by atoms with Crippen LogP contribution in [0.2, 0.25) is 0 Å². The molecule has 0 bridgehead atoms. The van der Waals surface area contributed by atoms with Crippen molar-refractivity contribution < 1.29 is 33.3 Å². The van der Waals surface area contributed by atoms with Crippen molar-refractivity contribution in [1.29, 1.82) is 0 Å². The standard InChI is InChI=1S/C37H38O7/c1-36(2,23-33(38)41-5)29-19-11-7-15-25(29)27-17-9-13-21-31(27)43-35(40)44-32-22-14-10-18-28(32)26-16-8-12-20-30(26)37(3,4)24-34(39)42-6/h7-22H,23-24H2,1-6H3. The molecule has 0 aliphatic rings. The maximum Gasteiger partial charge on any atom is 0.519 e. The summed E-state index contributed by atoms with van der Waals surface area (Å²) in [6.45, 7) is 7.90. The lowest BCUT2D eigenvalue weighted by molar-refractivity contribution is -0.142. The third kappa shape index (κ3) is 7.35. The third-order valence-electron chi connectivity index (χ3n) is 7.68. The summed E-state index contributed by atoms with van der Waals surface area (Å²) in [6.07, 6.45) is -0.539. The summed E-state index contributed by atoms with van der Waals surface area (Å²) < 4.78 is 21.5. The van der Waals surface area contributed by atoms with Crippen LogP contribution in [-0.2, 0) is 29.9 Å². The van der Waals surface area contributed by atoms with E-state index in [9.17, 15) is 14.4 Å². The second kappa shape index (κ2) is 13.6. The second-order valence-electron chi connectivity index (χ2n) is 11.8. The fraction of sp³-hybridized carbons (Fsp3) is 0.270. The quantitative estimate of drug-likeness (QED) is 0.135. The lowest BCUT2D eigenvalue weighted by Crippen LogP contribution is -2.23. The van der Waals surface area contributed by atoms with Gasteiger partial charge in [0.15, 0.2) is 0 Å². The lowest BCUT2D eigenvalue weighted by Gasteiger charge is -2.27. The fourth-order valence-corrected chi connectivity index (χ4v) is 5.43. The van der Waals surface area contributed by atoms with Gasteiger partial charge in [0.05, 0.1) is 27.1 Å². The summed E-state index contributed by atoms with van der Waals surface area (Å²) in [6, 6.07) is 29.8. The molecular weight excluding hydrogens is 556 g/mol. The van der Waals surface area contributed by atoms with Crippen molar-refractivity contribution in [2.45, 2.75) is 51.4 Å². The van der Waals surface area contributed by atoms with E-state index in [0.29, 0.717) is 22.6 Å². The van der Waals surface area contributed by atoms with Gasteiger partial charge >= 0.3 is 18.1 Å². The number of para-hydroxylation sites is 2. The van der Waals surface area contributed by atoms with Gasteiger partial charge in [0, 0.05) is 22.0 Å². The topological polar surface area (TPSA) is 88.1 Å². The minimum Gasteiger partial charge on any atom is -0.469 e. The largest absolute Gasteiger partial charge is 0.519 e. The monoisotopic (exact) mass is 594 g/mol. The minimum atomic E-state index is -0.900. The number of methoxy groups -OCH3 is 2. The van der Waals surface area contributed by atoms with Crippen LogP contribution < -0.4 is 9.47 Å². The van der Waals surface area contributed by atoms with Crippen LogP contribution >= 0.6 is 0 Å².